The van der Waals surface area contributed by atoms with E-state index in [0.717, 1.165) is 51.4 Å². The summed E-state index contributed by atoms with van der Waals surface area (Å²) in [6.07, 6.45) is 3.06. The van der Waals surface area contributed by atoms with Crippen LogP contribution >= 0.6 is 0 Å². The van der Waals surface area contributed by atoms with Crippen molar-refractivity contribution in [2.24, 2.45) is 46.1 Å². The van der Waals surface area contributed by atoms with E-state index in [1.165, 1.54) is 0 Å². The van der Waals surface area contributed by atoms with E-state index in [-0.39, 0.29) is 5.92 Å². The van der Waals surface area contributed by atoms with Crippen molar-refractivity contribution in [3.05, 3.63) is 0 Å². The summed E-state index contributed by atoms with van der Waals surface area (Å²) in [6, 6.07) is 0. The normalized spacial score (nSPS) is 46.8. The lowest BCUT2D eigenvalue weighted by molar-refractivity contribution is -0.127. The molecular weight excluding hydrogens is 395 g/mol. The molecule has 7 heteroatoms. The maximum absolute atomic E-state index is 13.5. The van der Waals surface area contributed by atoms with E-state index in [9.17, 15) is 18.3 Å². The maximum atomic E-state index is 13.5. The Kier molecular flexibility index (Phi) is 5.93. The second-order valence-corrected chi connectivity index (χ2v) is 10.7. The third-order valence-electron chi connectivity index (χ3n) is 9.41. The average molecular weight is 432 g/mol. The molecule has 4 rings (SSSR count). The van der Waals surface area contributed by atoms with Crippen LogP contribution in [0.3, 0.4) is 0 Å². The summed E-state index contributed by atoms with van der Waals surface area (Å²) in [7, 11) is 0. The summed E-state index contributed by atoms with van der Waals surface area (Å²) in [5.41, 5.74) is -2.13. The predicted molar refractivity (Wildman–Crippen MR) is 107 cm³/mol. The minimum absolute atomic E-state index is 0.269. The van der Waals surface area contributed by atoms with Crippen LogP contribution in [-0.4, -0.2) is 41.0 Å². The van der Waals surface area contributed by atoms with Gasteiger partial charge in [0.25, 0.3) is 0 Å². The second-order valence-electron chi connectivity index (χ2n) is 10.7. The maximum Gasteiger partial charge on any atom is 0.432 e. The van der Waals surface area contributed by atoms with Crippen molar-refractivity contribution in [1.82, 2.24) is 0 Å². The molecule has 0 amide bonds. The third kappa shape index (κ3) is 3.68. The molecule has 172 valence electrons. The largest absolute Gasteiger partial charge is 0.432 e. The van der Waals surface area contributed by atoms with Crippen LogP contribution in [0, 0.1) is 40.9 Å². The van der Waals surface area contributed by atoms with E-state index in [2.05, 4.69) is 5.16 Å². The number of ether oxygens (including phenoxy) is 1. The van der Waals surface area contributed by atoms with Gasteiger partial charge >= 0.3 is 6.18 Å². The monoisotopic (exact) mass is 431 g/mol. The molecule has 0 saturated heterocycles. The van der Waals surface area contributed by atoms with E-state index in [0.29, 0.717) is 43.3 Å². The van der Waals surface area contributed by atoms with Gasteiger partial charge in [-0.25, -0.2) is 0 Å². The molecule has 4 aliphatic carbocycles. The highest BCUT2D eigenvalue weighted by Gasteiger charge is 2.61. The van der Waals surface area contributed by atoms with E-state index < -0.39 is 28.8 Å². The number of hydrogen-bond acceptors (Lipinski definition) is 4. The summed E-state index contributed by atoms with van der Waals surface area (Å²) < 4.78 is 46.0. The van der Waals surface area contributed by atoms with Crippen LogP contribution < -0.4 is 0 Å². The molecule has 4 nitrogen and oxygen atoms in total. The molecule has 2 N–H and O–H groups in total. The van der Waals surface area contributed by atoms with Crippen LogP contribution in [0.2, 0.25) is 0 Å². The smallest absolute Gasteiger partial charge is 0.411 e. The Morgan fingerprint density at radius 1 is 1.03 bits per heavy atom. The quantitative estimate of drug-likeness (QED) is 0.355. The van der Waals surface area contributed by atoms with Crippen LogP contribution in [0.25, 0.3) is 0 Å². The third-order valence-corrected chi connectivity index (χ3v) is 9.41. The van der Waals surface area contributed by atoms with Crippen molar-refractivity contribution in [2.75, 3.05) is 13.2 Å². The van der Waals surface area contributed by atoms with Crippen molar-refractivity contribution >= 4 is 5.71 Å². The number of hydrogen-bond donors (Lipinski definition) is 2. The molecule has 0 aromatic heterocycles. The lowest BCUT2D eigenvalue weighted by Crippen LogP contribution is -2.52. The van der Waals surface area contributed by atoms with Crippen LogP contribution in [0.1, 0.15) is 71.6 Å². The summed E-state index contributed by atoms with van der Waals surface area (Å²) in [5.74, 6) is 1.65. The zero-order chi connectivity index (χ0) is 21.7. The molecule has 0 spiro atoms. The summed E-state index contributed by atoms with van der Waals surface area (Å²) >= 11 is 0. The van der Waals surface area contributed by atoms with Crippen LogP contribution in [-0.2, 0) is 4.74 Å². The second kappa shape index (κ2) is 7.95. The SMILES string of the molecule is CCOC[C@@]1(O)CC[C@H]2[C@H](CC[C@@H]3[C@@H]2CC[C@]2(C)[C@@H](/C(=N\O)C(F)(F)F)CC[C@@H]32)C1. The van der Waals surface area contributed by atoms with Gasteiger partial charge in [-0.15, -0.1) is 0 Å². The van der Waals surface area contributed by atoms with Crippen molar-refractivity contribution in [1.29, 1.82) is 0 Å². The minimum Gasteiger partial charge on any atom is -0.411 e. The number of aliphatic hydroxyl groups is 1. The Hall–Kier alpha value is -0.820. The topological polar surface area (TPSA) is 62.0 Å². The first-order chi connectivity index (χ1) is 14.1. The summed E-state index contributed by atoms with van der Waals surface area (Å²) in [6.45, 7) is 4.97. The lowest BCUT2D eigenvalue weighted by Gasteiger charge is -2.57. The molecule has 0 aromatic rings. The Balaban J connectivity index is 1.49. The first-order valence-electron chi connectivity index (χ1n) is 11.7. The highest BCUT2D eigenvalue weighted by Crippen LogP contribution is 2.65. The van der Waals surface area contributed by atoms with Crippen LogP contribution in [0.4, 0.5) is 13.2 Å². The van der Waals surface area contributed by atoms with Crippen LogP contribution in [0.5, 0.6) is 0 Å². The van der Waals surface area contributed by atoms with Gasteiger partial charge in [-0.1, -0.05) is 12.1 Å². The van der Waals surface area contributed by atoms with Crippen molar-refractivity contribution in [2.45, 2.75) is 83.4 Å². The molecule has 0 heterocycles. The minimum atomic E-state index is -4.57. The van der Waals surface area contributed by atoms with Gasteiger partial charge in [0, 0.05) is 12.5 Å². The molecule has 0 unspecified atom stereocenters. The number of fused-ring (bicyclic) bond motifs is 5. The fraction of sp³-hybridized carbons (Fsp3) is 0.957. The fourth-order valence-corrected chi connectivity index (χ4v) is 8.16. The first kappa shape index (κ1) is 22.4. The number of nitrogens with zero attached hydrogens (tertiary/aromatic N) is 1. The van der Waals surface area contributed by atoms with Crippen molar-refractivity contribution in [3.8, 4) is 0 Å². The van der Waals surface area contributed by atoms with Gasteiger partial charge in [0.1, 0.15) is 0 Å². The highest BCUT2D eigenvalue weighted by molar-refractivity contribution is 5.92. The standard InChI is InChI=1S/C23H36F3NO3/c1-3-30-13-22(28)11-9-15-14(12-22)4-5-17-16(15)8-10-21(2)18(17)6-7-19(21)20(27-29)23(24,25)26/h14-19,28-29H,3-13H2,1-2H3/b27-20+/t14-,15+,16-,17-,18+,19-,21+,22-/m1/s1. The molecule has 4 fully saturated rings. The number of oxime groups is 1. The first-order valence-corrected chi connectivity index (χ1v) is 11.7. The molecular formula is C23H36F3NO3. The number of rotatable bonds is 4. The zero-order valence-electron chi connectivity index (χ0n) is 18.1. The van der Waals surface area contributed by atoms with Crippen molar-refractivity contribution < 1.29 is 28.2 Å². The van der Waals surface area contributed by atoms with Gasteiger partial charge in [-0.3, -0.25) is 0 Å². The Morgan fingerprint density at radius 3 is 2.43 bits per heavy atom. The van der Waals surface area contributed by atoms with E-state index in [4.69, 9.17) is 9.94 Å². The number of alkyl halides is 3. The lowest BCUT2D eigenvalue weighted by atomic mass is 9.49. The van der Waals surface area contributed by atoms with Gasteiger partial charge in [-0.2, -0.15) is 13.2 Å². The number of halogens is 3. The van der Waals surface area contributed by atoms with E-state index in [1.807, 2.05) is 13.8 Å². The molecule has 0 bridgehead atoms. The van der Waals surface area contributed by atoms with Crippen LogP contribution in [0.15, 0.2) is 5.16 Å². The van der Waals surface area contributed by atoms with E-state index in [1.54, 1.807) is 0 Å². The van der Waals surface area contributed by atoms with Gasteiger partial charge in [-0.05, 0) is 99.7 Å². The molecule has 30 heavy (non-hydrogen) atoms. The fourth-order valence-electron chi connectivity index (χ4n) is 8.16. The average Bonchev–Trinajstić information content (AvgIpc) is 3.02. The molecule has 8 atom stereocenters. The molecule has 0 aliphatic heterocycles. The van der Waals surface area contributed by atoms with Crippen molar-refractivity contribution in [3.63, 3.8) is 0 Å². The Labute approximate surface area is 177 Å². The molecule has 4 aliphatic rings. The summed E-state index contributed by atoms with van der Waals surface area (Å²) in [5, 5.41) is 22.9. The van der Waals surface area contributed by atoms with Gasteiger partial charge in [0.2, 0.25) is 0 Å². The van der Waals surface area contributed by atoms with E-state index >= 15 is 0 Å². The molecule has 0 radical (unpaired) electrons. The molecule has 4 saturated carbocycles. The van der Waals surface area contributed by atoms with Gasteiger partial charge in [0.05, 0.1) is 12.2 Å². The zero-order valence-corrected chi connectivity index (χ0v) is 18.1. The Bertz CT molecular complexity index is 669. The van der Waals surface area contributed by atoms with Gasteiger partial charge < -0.3 is 15.1 Å². The summed E-state index contributed by atoms with van der Waals surface area (Å²) in [4.78, 5) is 0. The molecule has 0 aromatic carbocycles. The predicted octanol–water partition coefficient (Wildman–Crippen LogP) is 5.42. The Morgan fingerprint density at radius 2 is 1.77 bits per heavy atom. The highest BCUT2D eigenvalue weighted by atomic mass is 19.4. The van der Waals surface area contributed by atoms with Gasteiger partial charge in [0.15, 0.2) is 5.71 Å².